The average molecular weight is 564 g/mol. The number of carbonyl (C=O) groups excluding carboxylic acids is 4. The number of benzene rings is 1. The highest BCUT2D eigenvalue weighted by atomic mass is 32.2. The quantitative estimate of drug-likeness (QED) is 0.246. The van der Waals surface area contributed by atoms with Crippen LogP contribution < -0.4 is 5.32 Å². The van der Waals surface area contributed by atoms with E-state index in [0.29, 0.717) is 5.56 Å². The van der Waals surface area contributed by atoms with Gasteiger partial charge in [-0.1, -0.05) is 18.2 Å². The second kappa shape index (κ2) is 13.8. The summed E-state index contributed by atoms with van der Waals surface area (Å²) in [5.41, 5.74) is 0.0450. The van der Waals surface area contributed by atoms with Crippen LogP contribution in [0.25, 0.3) is 0 Å². The number of rotatable bonds is 11. The summed E-state index contributed by atoms with van der Waals surface area (Å²) < 4.78 is 16.6. The summed E-state index contributed by atoms with van der Waals surface area (Å²) in [7, 11) is 1.21. The molecule has 0 unspecified atom stereocenters. The van der Waals surface area contributed by atoms with Gasteiger partial charge in [0.05, 0.1) is 19.3 Å². The molecule has 10 nitrogen and oxygen atoms in total. The van der Waals surface area contributed by atoms with E-state index in [1.54, 1.807) is 41.5 Å². The molecule has 0 bridgehead atoms. The first-order valence-corrected chi connectivity index (χ1v) is 14.1. The molecule has 0 aromatic heterocycles. The number of nitrogens with one attached hydrogen (secondary N) is 1. The van der Waals surface area contributed by atoms with Gasteiger partial charge < -0.3 is 24.4 Å². The van der Waals surface area contributed by atoms with Gasteiger partial charge in [0.1, 0.15) is 23.7 Å². The van der Waals surface area contributed by atoms with Crippen LogP contribution in [0.4, 0.5) is 4.79 Å². The third-order valence-electron chi connectivity index (χ3n) is 5.93. The Morgan fingerprint density at radius 3 is 2.13 bits per heavy atom. The Morgan fingerprint density at radius 1 is 1.05 bits per heavy atom. The van der Waals surface area contributed by atoms with E-state index in [0.717, 1.165) is 0 Å². The van der Waals surface area contributed by atoms with E-state index in [1.165, 1.54) is 23.8 Å². The van der Waals surface area contributed by atoms with Crippen molar-refractivity contribution in [2.75, 3.05) is 26.6 Å². The standard InChI is InChI=1S/C28H41N3O7S/c1-17(2)30(18(3)4)27(35)37-15-20(16-38-28(5,6)7)22(26(34)36-8)31-24(33)21(25(31)39-9)29-23(32)19-13-11-10-12-14-19/h10-14,17-18,21,25H,15-16H2,1-9H3,(H,29,32)/b22-20-/t21-,25+/m0/s1. The van der Waals surface area contributed by atoms with Gasteiger partial charge in [0.2, 0.25) is 0 Å². The lowest BCUT2D eigenvalue weighted by Crippen LogP contribution is -2.69. The van der Waals surface area contributed by atoms with Crippen molar-refractivity contribution in [3.05, 3.63) is 47.2 Å². The fourth-order valence-electron chi connectivity index (χ4n) is 4.12. The Labute approximate surface area is 235 Å². The predicted molar refractivity (Wildman–Crippen MR) is 150 cm³/mol. The second-order valence-corrected chi connectivity index (χ2v) is 11.6. The molecular weight excluding hydrogens is 522 g/mol. The number of thioether (sulfide) groups is 1. The van der Waals surface area contributed by atoms with Crippen molar-refractivity contribution < 1.29 is 33.4 Å². The monoisotopic (exact) mass is 563 g/mol. The normalized spacial score (nSPS) is 17.9. The van der Waals surface area contributed by atoms with Crippen molar-refractivity contribution in [3.63, 3.8) is 0 Å². The van der Waals surface area contributed by atoms with Crippen LogP contribution in [0.2, 0.25) is 0 Å². The Morgan fingerprint density at radius 2 is 1.64 bits per heavy atom. The molecule has 39 heavy (non-hydrogen) atoms. The largest absolute Gasteiger partial charge is 0.464 e. The SMILES string of the molecule is COC(=O)/C(=C(\COC(=O)N(C(C)C)C(C)C)COC(C)(C)C)N1C(=O)[C@H](NC(=O)c2ccccc2)[C@H]1SC. The summed E-state index contributed by atoms with van der Waals surface area (Å²) in [6.45, 7) is 12.7. The first kappa shape index (κ1) is 32.2. The van der Waals surface area contributed by atoms with Crippen molar-refractivity contribution in [1.82, 2.24) is 15.1 Å². The molecule has 1 saturated heterocycles. The number of hydrogen-bond donors (Lipinski definition) is 1. The Kier molecular flexibility index (Phi) is 11.4. The smallest absolute Gasteiger partial charge is 0.410 e. The average Bonchev–Trinajstić information content (AvgIpc) is 2.87. The molecule has 11 heteroatoms. The molecule has 0 saturated carbocycles. The lowest BCUT2D eigenvalue weighted by molar-refractivity contribution is -0.150. The third kappa shape index (κ3) is 8.22. The zero-order valence-electron chi connectivity index (χ0n) is 24.3. The first-order chi connectivity index (χ1) is 18.2. The van der Waals surface area contributed by atoms with Gasteiger partial charge in [0, 0.05) is 23.2 Å². The Balaban J connectivity index is 2.42. The van der Waals surface area contributed by atoms with Gasteiger partial charge in [0.15, 0.2) is 0 Å². The number of likely N-dealkylation sites (tertiary alicyclic amines) is 1. The molecule has 1 aliphatic rings. The third-order valence-corrected chi connectivity index (χ3v) is 6.90. The van der Waals surface area contributed by atoms with E-state index in [2.05, 4.69) is 5.32 Å². The number of hydrogen-bond acceptors (Lipinski definition) is 8. The van der Waals surface area contributed by atoms with Crippen LogP contribution in [0.1, 0.15) is 58.8 Å². The molecule has 0 spiro atoms. The lowest BCUT2D eigenvalue weighted by Gasteiger charge is -2.47. The van der Waals surface area contributed by atoms with Crippen LogP contribution >= 0.6 is 11.8 Å². The van der Waals surface area contributed by atoms with Crippen molar-refractivity contribution in [3.8, 4) is 0 Å². The zero-order valence-corrected chi connectivity index (χ0v) is 25.1. The summed E-state index contributed by atoms with van der Waals surface area (Å²) in [6.07, 6.45) is 1.22. The van der Waals surface area contributed by atoms with Gasteiger partial charge in [-0.2, -0.15) is 0 Å². The van der Waals surface area contributed by atoms with Gasteiger partial charge in [-0.15, -0.1) is 11.8 Å². The number of esters is 1. The Hall–Kier alpha value is -3.05. The maximum Gasteiger partial charge on any atom is 0.410 e. The predicted octanol–water partition coefficient (Wildman–Crippen LogP) is 3.81. The molecule has 2 rings (SSSR count). The maximum atomic E-state index is 13.4. The molecule has 2 atom stereocenters. The summed E-state index contributed by atoms with van der Waals surface area (Å²) in [6, 6.07) is 7.48. The molecule has 0 aliphatic carbocycles. The van der Waals surface area contributed by atoms with Gasteiger partial charge in [-0.3, -0.25) is 14.5 Å². The number of amides is 3. The molecule has 1 aliphatic heterocycles. The minimum Gasteiger partial charge on any atom is -0.464 e. The van der Waals surface area contributed by atoms with Gasteiger partial charge in [0.25, 0.3) is 11.8 Å². The molecule has 1 fully saturated rings. The van der Waals surface area contributed by atoms with E-state index < -0.39 is 40.9 Å². The zero-order chi connectivity index (χ0) is 29.5. The molecule has 1 heterocycles. The van der Waals surface area contributed by atoms with Crippen LogP contribution in [-0.4, -0.2) is 89.4 Å². The van der Waals surface area contributed by atoms with Gasteiger partial charge >= 0.3 is 12.1 Å². The minimum absolute atomic E-state index is 0.0650. The van der Waals surface area contributed by atoms with Gasteiger partial charge in [-0.05, 0) is 66.9 Å². The number of methoxy groups -OCH3 is 1. The van der Waals surface area contributed by atoms with Gasteiger partial charge in [-0.25, -0.2) is 9.59 Å². The van der Waals surface area contributed by atoms with Crippen molar-refractivity contribution >= 4 is 35.6 Å². The van der Waals surface area contributed by atoms with Crippen molar-refractivity contribution in [1.29, 1.82) is 0 Å². The minimum atomic E-state index is -0.864. The number of nitrogens with zero attached hydrogens (tertiary/aromatic N) is 2. The number of β-lactam (4-membered cyclic amide) rings is 1. The highest BCUT2D eigenvalue weighted by Crippen LogP contribution is 2.35. The van der Waals surface area contributed by atoms with Crippen LogP contribution in [0, 0.1) is 0 Å². The molecular formula is C28H41N3O7S. The van der Waals surface area contributed by atoms with Crippen molar-refractivity contribution in [2.24, 2.45) is 0 Å². The van der Waals surface area contributed by atoms with Crippen LogP contribution in [-0.2, 0) is 23.8 Å². The number of carbonyl (C=O) groups is 4. The lowest BCUT2D eigenvalue weighted by atomic mass is 10.0. The van der Waals surface area contributed by atoms with Crippen LogP contribution in [0.5, 0.6) is 0 Å². The summed E-state index contributed by atoms with van der Waals surface area (Å²) >= 11 is 1.29. The molecule has 1 aromatic rings. The molecule has 3 amide bonds. The van der Waals surface area contributed by atoms with Crippen LogP contribution in [0.3, 0.4) is 0 Å². The van der Waals surface area contributed by atoms with E-state index >= 15 is 0 Å². The summed E-state index contributed by atoms with van der Waals surface area (Å²) in [5.74, 6) is -1.66. The van der Waals surface area contributed by atoms with Crippen molar-refractivity contribution in [2.45, 2.75) is 77.6 Å². The fourth-order valence-corrected chi connectivity index (χ4v) is 5.00. The molecule has 1 N–H and O–H groups in total. The Bertz CT molecular complexity index is 1060. The molecule has 0 radical (unpaired) electrons. The van der Waals surface area contributed by atoms with E-state index in [1.807, 2.05) is 48.5 Å². The van der Waals surface area contributed by atoms with E-state index in [-0.39, 0.29) is 36.6 Å². The maximum absolute atomic E-state index is 13.4. The summed E-state index contributed by atoms with van der Waals surface area (Å²) in [4.78, 5) is 55.0. The molecule has 216 valence electrons. The highest BCUT2D eigenvalue weighted by molar-refractivity contribution is 7.99. The second-order valence-electron chi connectivity index (χ2n) is 10.6. The fraction of sp³-hybridized carbons (Fsp3) is 0.571. The molecule has 1 aromatic carbocycles. The summed E-state index contributed by atoms with van der Waals surface area (Å²) in [5, 5.41) is 2.17. The first-order valence-electron chi connectivity index (χ1n) is 12.8. The highest BCUT2D eigenvalue weighted by Gasteiger charge is 2.52. The van der Waals surface area contributed by atoms with Crippen LogP contribution in [0.15, 0.2) is 41.6 Å². The topological polar surface area (TPSA) is 114 Å². The number of ether oxygens (including phenoxy) is 3. The van der Waals surface area contributed by atoms with E-state index in [9.17, 15) is 19.2 Å². The van der Waals surface area contributed by atoms with E-state index in [4.69, 9.17) is 14.2 Å².